The maximum Gasteiger partial charge on any atom is 0.330 e. The van der Waals surface area contributed by atoms with Gasteiger partial charge in [0.05, 0.1) is 11.8 Å². The van der Waals surface area contributed by atoms with Crippen molar-refractivity contribution >= 4 is 11.9 Å². The summed E-state index contributed by atoms with van der Waals surface area (Å²) in [6.45, 7) is 11.6. The summed E-state index contributed by atoms with van der Waals surface area (Å²) < 4.78 is 10.8. The standard InChI is InChI=1S/C18H28N2O5/c1-7-24-13-9-18(16(22)23,17(13,5)6)19-14(21)8-10(2)15-11(3)20-25-12(15)4/h10,13H,7-9H2,1-6H3,(H,19,21)(H,22,23). The highest BCUT2D eigenvalue weighted by molar-refractivity contribution is 5.89. The molecule has 7 nitrogen and oxygen atoms in total. The molecule has 0 aliphatic heterocycles. The number of hydrogen-bond donors (Lipinski definition) is 2. The Kier molecular flexibility index (Phi) is 5.27. The number of amides is 1. The first-order chi connectivity index (χ1) is 11.6. The van der Waals surface area contributed by atoms with Gasteiger partial charge in [0.1, 0.15) is 11.3 Å². The van der Waals surface area contributed by atoms with E-state index in [0.717, 1.165) is 11.3 Å². The summed E-state index contributed by atoms with van der Waals surface area (Å²) in [4.78, 5) is 24.5. The number of ether oxygens (including phenoxy) is 1. The van der Waals surface area contributed by atoms with Gasteiger partial charge in [-0.25, -0.2) is 4.79 Å². The number of carboxylic acids is 1. The third kappa shape index (κ3) is 3.17. The van der Waals surface area contributed by atoms with E-state index in [0.29, 0.717) is 12.4 Å². The zero-order valence-corrected chi connectivity index (χ0v) is 15.8. The molecule has 1 aromatic heterocycles. The zero-order chi connectivity index (χ0) is 19.0. The van der Waals surface area contributed by atoms with E-state index in [4.69, 9.17) is 9.26 Å². The molecule has 25 heavy (non-hydrogen) atoms. The maximum atomic E-state index is 12.6. The van der Waals surface area contributed by atoms with Crippen molar-refractivity contribution < 1.29 is 24.0 Å². The molecule has 0 saturated heterocycles. The fourth-order valence-corrected chi connectivity index (χ4v) is 3.90. The zero-order valence-electron chi connectivity index (χ0n) is 15.8. The van der Waals surface area contributed by atoms with Crippen molar-refractivity contribution in [1.82, 2.24) is 10.5 Å². The van der Waals surface area contributed by atoms with Crippen molar-refractivity contribution in [1.29, 1.82) is 0 Å². The summed E-state index contributed by atoms with van der Waals surface area (Å²) in [5, 5.41) is 16.4. The smallest absolute Gasteiger partial charge is 0.330 e. The Bertz CT molecular complexity index is 647. The van der Waals surface area contributed by atoms with Crippen LogP contribution in [0.15, 0.2) is 4.52 Å². The second kappa shape index (κ2) is 6.78. The number of aromatic nitrogens is 1. The van der Waals surface area contributed by atoms with E-state index < -0.39 is 16.9 Å². The second-order valence-electron chi connectivity index (χ2n) is 7.47. The van der Waals surface area contributed by atoms with Crippen LogP contribution < -0.4 is 5.32 Å². The molecule has 7 heteroatoms. The van der Waals surface area contributed by atoms with Gasteiger partial charge in [-0.15, -0.1) is 0 Å². The summed E-state index contributed by atoms with van der Waals surface area (Å²) in [5.41, 5.74) is -0.329. The molecule has 0 spiro atoms. The van der Waals surface area contributed by atoms with Gasteiger partial charge in [0.2, 0.25) is 5.91 Å². The van der Waals surface area contributed by atoms with Gasteiger partial charge in [0.25, 0.3) is 0 Å². The number of hydrogen-bond acceptors (Lipinski definition) is 5. The Balaban J connectivity index is 2.11. The molecule has 3 atom stereocenters. The topological polar surface area (TPSA) is 102 Å². The minimum atomic E-state index is -1.30. The van der Waals surface area contributed by atoms with Gasteiger partial charge < -0.3 is 19.7 Å². The van der Waals surface area contributed by atoms with Crippen molar-refractivity contribution in [3.05, 3.63) is 17.0 Å². The van der Waals surface area contributed by atoms with E-state index >= 15 is 0 Å². The Labute approximate surface area is 148 Å². The first-order valence-corrected chi connectivity index (χ1v) is 8.65. The minimum absolute atomic E-state index is 0.108. The van der Waals surface area contributed by atoms with Crippen LogP contribution in [0.2, 0.25) is 0 Å². The molecule has 0 aromatic carbocycles. The van der Waals surface area contributed by atoms with Crippen LogP contribution in [-0.4, -0.2) is 40.4 Å². The Morgan fingerprint density at radius 2 is 2.08 bits per heavy atom. The molecule has 1 aromatic rings. The van der Waals surface area contributed by atoms with Crippen LogP contribution in [0.5, 0.6) is 0 Å². The van der Waals surface area contributed by atoms with Crippen molar-refractivity contribution in [2.24, 2.45) is 5.41 Å². The van der Waals surface area contributed by atoms with E-state index in [2.05, 4.69) is 10.5 Å². The van der Waals surface area contributed by atoms with Gasteiger partial charge in [-0.1, -0.05) is 25.9 Å². The van der Waals surface area contributed by atoms with Gasteiger partial charge in [-0.3, -0.25) is 4.79 Å². The fourth-order valence-electron chi connectivity index (χ4n) is 3.90. The summed E-state index contributed by atoms with van der Waals surface area (Å²) in [6, 6.07) is 0. The van der Waals surface area contributed by atoms with Gasteiger partial charge in [-0.05, 0) is 26.7 Å². The van der Waals surface area contributed by atoms with E-state index in [1.807, 2.05) is 41.5 Å². The lowest BCUT2D eigenvalue weighted by atomic mass is 9.54. The number of aryl methyl sites for hydroxylation is 2. The predicted molar refractivity (Wildman–Crippen MR) is 91.3 cm³/mol. The number of rotatable bonds is 7. The van der Waals surface area contributed by atoms with Crippen LogP contribution in [0.4, 0.5) is 0 Å². The summed E-state index contributed by atoms with van der Waals surface area (Å²) in [5.74, 6) is -0.737. The third-order valence-electron chi connectivity index (χ3n) is 5.56. The van der Waals surface area contributed by atoms with Crippen LogP contribution in [0, 0.1) is 19.3 Å². The summed E-state index contributed by atoms with van der Waals surface area (Å²) in [7, 11) is 0. The van der Waals surface area contributed by atoms with E-state index in [-0.39, 0.29) is 30.8 Å². The Morgan fingerprint density at radius 3 is 2.52 bits per heavy atom. The van der Waals surface area contributed by atoms with Gasteiger partial charge in [-0.2, -0.15) is 0 Å². The van der Waals surface area contributed by atoms with Crippen molar-refractivity contribution in [3.8, 4) is 0 Å². The normalized spacial score (nSPS) is 25.9. The number of nitrogens with zero attached hydrogens (tertiary/aromatic N) is 1. The lowest BCUT2D eigenvalue weighted by Crippen LogP contribution is -2.76. The molecule has 1 aliphatic rings. The number of carboxylic acid groups (broad SMARTS) is 1. The molecule has 140 valence electrons. The molecular weight excluding hydrogens is 324 g/mol. The predicted octanol–water partition coefficient (Wildman–Crippen LogP) is 2.56. The van der Waals surface area contributed by atoms with Crippen molar-refractivity contribution in [3.63, 3.8) is 0 Å². The van der Waals surface area contributed by atoms with Crippen molar-refractivity contribution in [2.75, 3.05) is 6.61 Å². The van der Waals surface area contributed by atoms with Gasteiger partial charge >= 0.3 is 5.97 Å². The maximum absolute atomic E-state index is 12.6. The minimum Gasteiger partial charge on any atom is -0.479 e. The molecule has 1 heterocycles. The highest BCUT2D eigenvalue weighted by Crippen LogP contribution is 2.51. The Morgan fingerprint density at radius 1 is 1.44 bits per heavy atom. The summed E-state index contributed by atoms with van der Waals surface area (Å²) in [6.07, 6.45) is 0.260. The average molecular weight is 352 g/mol. The molecule has 2 N–H and O–H groups in total. The van der Waals surface area contributed by atoms with Crippen LogP contribution in [-0.2, 0) is 14.3 Å². The van der Waals surface area contributed by atoms with Crippen LogP contribution in [0.25, 0.3) is 0 Å². The first kappa shape index (κ1) is 19.4. The van der Waals surface area contributed by atoms with Crippen molar-refractivity contribution in [2.45, 2.75) is 71.9 Å². The Hall–Kier alpha value is -1.89. The SMILES string of the molecule is CCOC1CC(NC(=O)CC(C)c2c(C)noc2C)(C(=O)O)C1(C)C. The number of carbonyl (C=O) groups is 2. The van der Waals surface area contributed by atoms with Crippen LogP contribution in [0.1, 0.15) is 63.5 Å². The molecule has 1 saturated carbocycles. The molecule has 2 rings (SSSR count). The van der Waals surface area contributed by atoms with Gasteiger partial charge in [0, 0.05) is 30.4 Å². The molecule has 1 aliphatic carbocycles. The molecule has 0 radical (unpaired) electrons. The average Bonchev–Trinajstić information content (AvgIpc) is 2.84. The highest BCUT2D eigenvalue weighted by Gasteiger charge is 2.66. The van der Waals surface area contributed by atoms with E-state index in [1.165, 1.54) is 0 Å². The molecule has 1 amide bonds. The lowest BCUT2D eigenvalue weighted by Gasteiger charge is -2.58. The summed E-state index contributed by atoms with van der Waals surface area (Å²) >= 11 is 0. The molecule has 0 bridgehead atoms. The largest absolute Gasteiger partial charge is 0.479 e. The number of aliphatic carboxylic acids is 1. The van der Waals surface area contributed by atoms with E-state index in [9.17, 15) is 14.7 Å². The second-order valence-corrected chi connectivity index (χ2v) is 7.47. The number of carbonyl (C=O) groups excluding carboxylic acids is 1. The molecule has 1 fully saturated rings. The fraction of sp³-hybridized carbons (Fsp3) is 0.722. The van der Waals surface area contributed by atoms with Crippen LogP contribution >= 0.6 is 0 Å². The highest BCUT2D eigenvalue weighted by atomic mass is 16.5. The molecular formula is C18H28N2O5. The third-order valence-corrected chi connectivity index (χ3v) is 5.56. The first-order valence-electron chi connectivity index (χ1n) is 8.65. The van der Waals surface area contributed by atoms with Crippen LogP contribution in [0.3, 0.4) is 0 Å². The van der Waals surface area contributed by atoms with Gasteiger partial charge in [0.15, 0.2) is 0 Å². The lowest BCUT2D eigenvalue weighted by molar-refractivity contribution is -0.194. The number of nitrogens with one attached hydrogen (secondary N) is 1. The quantitative estimate of drug-likeness (QED) is 0.782. The molecule has 3 unspecified atom stereocenters. The monoisotopic (exact) mass is 352 g/mol. The van der Waals surface area contributed by atoms with E-state index in [1.54, 1.807) is 0 Å².